The second-order valence-electron chi connectivity index (χ2n) is 5.50. The van der Waals surface area contributed by atoms with Crippen molar-refractivity contribution in [1.29, 1.82) is 0 Å². The monoisotopic (exact) mass is 333 g/mol. The molecular formula is C17H23N3O4. The number of carbonyl (C=O) groups excluding carboxylic acids is 2. The van der Waals surface area contributed by atoms with E-state index < -0.39 is 0 Å². The summed E-state index contributed by atoms with van der Waals surface area (Å²) in [6.07, 6.45) is 0.655. The van der Waals surface area contributed by atoms with Crippen LogP contribution in [0, 0.1) is 0 Å². The van der Waals surface area contributed by atoms with E-state index in [9.17, 15) is 9.59 Å². The molecule has 0 fully saturated rings. The zero-order valence-electron chi connectivity index (χ0n) is 14.5. The smallest absolute Gasteiger partial charge is 0.267 e. The van der Waals surface area contributed by atoms with Gasteiger partial charge >= 0.3 is 0 Å². The average Bonchev–Trinajstić information content (AvgIpc) is 2.57. The minimum atomic E-state index is -0.269. The molecular weight excluding hydrogens is 310 g/mol. The van der Waals surface area contributed by atoms with Crippen LogP contribution in [-0.2, 0) is 9.59 Å². The van der Waals surface area contributed by atoms with E-state index in [2.05, 4.69) is 10.4 Å². The number of nitrogens with one attached hydrogen (secondary N) is 1. The first-order chi connectivity index (χ1) is 11.5. The highest BCUT2D eigenvalue weighted by molar-refractivity contribution is 6.39. The molecule has 7 heteroatoms. The fraction of sp³-hybridized carbons (Fsp3) is 0.471. The van der Waals surface area contributed by atoms with Crippen LogP contribution in [-0.4, -0.2) is 43.3 Å². The fourth-order valence-corrected chi connectivity index (χ4v) is 2.42. The summed E-state index contributed by atoms with van der Waals surface area (Å²) in [5.74, 6) is 0.931. The van der Waals surface area contributed by atoms with Gasteiger partial charge in [0.05, 0.1) is 19.8 Å². The van der Waals surface area contributed by atoms with Gasteiger partial charge in [-0.3, -0.25) is 9.59 Å². The van der Waals surface area contributed by atoms with E-state index in [4.69, 9.17) is 9.47 Å². The van der Waals surface area contributed by atoms with Gasteiger partial charge in [0.1, 0.15) is 5.71 Å². The minimum Gasteiger partial charge on any atom is -0.493 e. The lowest BCUT2D eigenvalue weighted by atomic mass is 10.1. The van der Waals surface area contributed by atoms with Gasteiger partial charge < -0.3 is 14.8 Å². The van der Waals surface area contributed by atoms with Gasteiger partial charge in [0.25, 0.3) is 5.91 Å². The first kappa shape index (κ1) is 17.8. The molecule has 0 aliphatic carbocycles. The van der Waals surface area contributed by atoms with Crippen LogP contribution >= 0.6 is 0 Å². The standard InChI is InChI=1S/C17H23N3O4/c1-5-24-14-8-6-12(10-15(14)23-4)11(2)18-17(22)13-7-9-16(21)20(3)19-13/h6,8,10-11H,5,7,9H2,1-4H3,(H,18,22)/t11-/m1/s1. The lowest BCUT2D eigenvalue weighted by molar-refractivity contribution is -0.130. The highest BCUT2D eigenvalue weighted by Gasteiger charge is 2.23. The Morgan fingerprint density at radius 3 is 2.75 bits per heavy atom. The summed E-state index contributed by atoms with van der Waals surface area (Å²) in [6, 6.07) is 5.32. The van der Waals surface area contributed by atoms with Gasteiger partial charge in [-0.1, -0.05) is 6.07 Å². The minimum absolute atomic E-state index is 0.0872. The van der Waals surface area contributed by atoms with Crippen molar-refractivity contribution in [2.75, 3.05) is 20.8 Å². The normalized spacial score (nSPS) is 15.6. The fourth-order valence-electron chi connectivity index (χ4n) is 2.42. The van der Waals surface area contributed by atoms with Crippen LogP contribution in [0.5, 0.6) is 11.5 Å². The Bertz CT molecular complexity index is 657. The summed E-state index contributed by atoms with van der Waals surface area (Å²) in [4.78, 5) is 23.7. The Hall–Kier alpha value is -2.57. The van der Waals surface area contributed by atoms with Gasteiger partial charge in [0.15, 0.2) is 11.5 Å². The Morgan fingerprint density at radius 2 is 2.12 bits per heavy atom. The van der Waals surface area contributed by atoms with Gasteiger partial charge in [-0.15, -0.1) is 0 Å². The number of rotatable bonds is 6. The molecule has 0 aromatic heterocycles. The molecule has 1 aliphatic rings. The largest absolute Gasteiger partial charge is 0.493 e. The number of nitrogens with zero attached hydrogens (tertiary/aromatic N) is 2. The van der Waals surface area contributed by atoms with E-state index in [0.717, 1.165) is 5.56 Å². The van der Waals surface area contributed by atoms with Crippen molar-refractivity contribution in [1.82, 2.24) is 10.3 Å². The van der Waals surface area contributed by atoms with Gasteiger partial charge in [-0.2, -0.15) is 5.10 Å². The molecule has 2 amide bonds. The number of hydrogen-bond acceptors (Lipinski definition) is 5. The molecule has 0 unspecified atom stereocenters. The molecule has 1 heterocycles. The maximum atomic E-state index is 12.3. The van der Waals surface area contributed by atoms with E-state index in [-0.39, 0.29) is 17.9 Å². The molecule has 1 atom stereocenters. The molecule has 1 N–H and O–H groups in total. The predicted molar refractivity (Wildman–Crippen MR) is 90.2 cm³/mol. The lowest BCUT2D eigenvalue weighted by Crippen LogP contribution is -2.38. The van der Waals surface area contributed by atoms with Crippen molar-refractivity contribution in [2.45, 2.75) is 32.7 Å². The molecule has 1 aromatic carbocycles. The number of hydrogen-bond donors (Lipinski definition) is 1. The summed E-state index contributed by atoms with van der Waals surface area (Å²) in [6.45, 7) is 4.34. The van der Waals surface area contributed by atoms with Crippen molar-refractivity contribution < 1.29 is 19.1 Å². The first-order valence-corrected chi connectivity index (χ1v) is 7.91. The van der Waals surface area contributed by atoms with E-state index in [1.807, 2.05) is 32.0 Å². The average molecular weight is 333 g/mol. The van der Waals surface area contributed by atoms with Crippen molar-refractivity contribution in [2.24, 2.45) is 5.10 Å². The predicted octanol–water partition coefficient (Wildman–Crippen LogP) is 1.88. The molecule has 0 spiro atoms. The van der Waals surface area contributed by atoms with Crippen molar-refractivity contribution in [3.8, 4) is 11.5 Å². The zero-order chi connectivity index (χ0) is 17.7. The molecule has 24 heavy (non-hydrogen) atoms. The third-order valence-corrected chi connectivity index (χ3v) is 3.80. The third kappa shape index (κ3) is 4.04. The van der Waals surface area contributed by atoms with Gasteiger partial charge in [-0.25, -0.2) is 5.01 Å². The maximum Gasteiger partial charge on any atom is 0.267 e. The topological polar surface area (TPSA) is 80.2 Å². The van der Waals surface area contributed by atoms with Gasteiger partial charge in [-0.05, 0) is 31.5 Å². The summed E-state index contributed by atoms with van der Waals surface area (Å²) in [5, 5.41) is 8.14. The Balaban J connectivity index is 2.09. The number of carbonyl (C=O) groups is 2. The Labute approximate surface area is 141 Å². The molecule has 0 bridgehead atoms. The Morgan fingerprint density at radius 1 is 1.38 bits per heavy atom. The molecule has 0 radical (unpaired) electrons. The van der Waals surface area contributed by atoms with Crippen LogP contribution in [0.3, 0.4) is 0 Å². The first-order valence-electron chi connectivity index (χ1n) is 7.91. The highest BCUT2D eigenvalue weighted by atomic mass is 16.5. The molecule has 7 nitrogen and oxygen atoms in total. The van der Waals surface area contributed by atoms with Crippen molar-refractivity contribution >= 4 is 17.5 Å². The number of hydrazone groups is 1. The molecule has 1 aromatic rings. The second kappa shape index (κ2) is 7.81. The van der Waals surface area contributed by atoms with E-state index in [1.165, 1.54) is 5.01 Å². The number of methoxy groups -OCH3 is 1. The summed E-state index contributed by atoms with van der Waals surface area (Å²) >= 11 is 0. The van der Waals surface area contributed by atoms with Gasteiger partial charge in [0.2, 0.25) is 5.91 Å². The summed E-state index contributed by atoms with van der Waals surface area (Å²) < 4.78 is 10.8. The van der Waals surface area contributed by atoms with E-state index in [0.29, 0.717) is 36.7 Å². The molecule has 1 aliphatic heterocycles. The SMILES string of the molecule is CCOc1ccc([C@@H](C)NC(=O)C2=NN(C)C(=O)CC2)cc1OC. The molecule has 0 saturated heterocycles. The van der Waals surface area contributed by atoms with Crippen LogP contribution in [0.2, 0.25) is 0 Å². The van der Waals surface area contributed by atoms with Crippen LogP contribution in [0.25, 0.3) is 0 Å². The molecule has 130 valence electrons. The summed E-state index contributed by atoms with van der Waals surface area (Å²) in [5.41, 5.74) is 1.26. The van der Waals surface area contributed by atoms with Crippen LogP contribution < -0.4 is 14.8 Å². The van der Waals surface area contributed by atoms with E-state index in [1.54, 1.807) is 14.2 Å². The highest BCUT2D eigenvalue weighted by Crippen LogP contribution is 2.30. The van der Waals surface area contributed by atoms with Crippen LogP contribution in [0.1, 0.15) is 38.3 Å². The second-order valence-corrected chi connectivity index (χ2v) is 5.50. The van der Waals surface area contributed by atoms with Gasteiger partial charge in [0, 0.05) is 19.9 Å². The maximum absolute atomic E-state index is 12.3. The third-order valence-electron chi connectivity index (χ3n) is 3.80. The van der Waals surface area contributed by atoms with Crippen molar-refractivity contribution in [3.63, 3.8) is 0 Å². The number of amides is 2. The summed E-state index contributed by atoms with van der Waals surface area (Å²) in [7, 11) is 3.13. The van der Waals surface area contributed by atoms with Crippen molar-refractivity contribution in [3.05, 3.63) is 23.8 Å². The lowest BCUT2D eigenvalue weighted by Gasteiger charge is -2.21. The van der Waals surface area contributed by atoms with E-state index >= 15 is 0 Å². The van der Waals surface area contributed by atoms with Crippen LogP contribution in [0.15, 0.2) is 23.3 Å². The molecule has 0 saturated carbocycles. The van der Waals surface area contributed by atoms with Crippen LogP contribution in [0.4, 0.5) is 0 Å². The number of benzene rings is 1. The number of ether oxygens (including phenoxy) is 2. The zero-order valence-corrected chi connectivity index (χ0v) is 14.5. The Kier molecular flexibility index (Phi) is 5.78. The quantitative estimate of drug-likeness (QED) is 0.862. The molecule has 2 rings (SSSR count).